The molecule has 0 aliphatic heterocycles. The molecule has 4 nitrogen and oxygen atoms in total. The highest BCUT2D eigenvalue weighted by atomic mass is 79.9. The second-order valence-corrected chi connectivity index (χ2v) is 6.33. The Morgan fingerprint density at radius 3 is 2.54 bits per heavy atom. The smallest absolute Gasteiger partial charge is 0.155 e. The van der Waals surface area contributed by atoms with E-state index in [1.807, 2.05) is 71.5 Å². The zero-order valence-corrected chi connectivity index (χ0v) is 14.6. The van der Waals surface area contributed by atoms with Crippen LogP contribution in [0.4, 0.5) is 0 Å². The zero-order chi connectivity index (χ0) is 16.5. The number of halogens is 1. The first-order valence-electron chi connectivity index (χ1n) is 7.49. The molecule has 0 saturated carbocycles. The van der Waals surface area contributed by atoms with E-state index in [0.717, 1.165) is 38.3 Å². The van der Waals surface area contributed by atoms with Gasteiger partial charge in [-0.25, -0.2) is 9.50 Å². The fourth-order valence-electron chi connectivity index (χ4n) is 2.60. The summed E-state index contributed by atoms with van der Waals surface area (Å²) in [5.41, 5.74) is 4.86. The van der Waals surface area contributed by atoms with Crippen molar-refractivity contribution >= 4 is 21.6 Å². The lowest BCUT2D eigenvalue weighted by Gasteiger charge is -2.03. The number of ether oxygens (including phenoxy) is 1. The molecule has 5 heteroatoms. The van der Waals surface area contributed by atoms with Crippen LogP contribution in [0.2, 0.25) is 0 Å². The van der Waals surface area contributed by atoms with E-state index in [1.54, 1.807) is 7.11 Å². The molecule has 0 saturated heterocycles. The third-order valence-corrected chi connectivity index (χ3v) is 4.35. The summed E-state index contributed by atoms with van der Waals surface area (Å²) in [7, 11) is 1.66. The number of nitrogens with zero attached hydrogens (tertiary/aromatic N) is 3. The van der Waals surface area contributed by atoms with Crippen LogP contribution in [-0.4, -0.2) is 21.7 Å². The van der Waals surface area contributed by atoms with Gasteiger partial charge in [0.1, 0.15) is 5.75 Å². The van der Waals surface area contributed by atoms with Crippen LogP contribution in [0.15, 0.2) is 71.5 Å². The molecule has 0 bridgehead atoms. The van der Waals surface area contributed by atoms with Gasteiger partial charge in [0.15, 0.2) is 5.65 Å². The highest BCUT2D eigenvalue weighted by Crippen LogP contribution is 2.25. The van der Waals surface area contributed by atoms with Crippen molar-refractivity contribution in [3.8, 4) is 28.1 Å². The minimum Gasteiger partial charge on any atom is -0.497 e. The molecule has 0 unspecified atom stereocenters. The molecule has 118 valence electrons. The quantitative estimate of drug-likeness (QED) is 0.511. The lowest BCUT2D eigenvalue weighted by Crippen LogP contribution is -1.92. The van der Waals surface area contributed by atoms with Gasteiger partial charge in [0.05, 0.1) is 12.8 Å². The number of hydrogen-bond donors (Lipinski definition) is 0. The summed E-state index contributed by atoms with van der Waals surface area (Å²) >= 11 is 3.50. The molecule has 0 aliphatic carbocycles. The van der Waals surface area contributed by atoms with Crippen molar-refractivity contribution in [1.82, 2.24) is 14.6 Å². The molecule has 2 aromatic carbocycles. The summed E-state index contributed by atoms with van der Waals surface area (Å²) < 4.78 is 8.05. The highest BCUT2D eigenvalue weighted by Gasteiger charge is 2.07. The first-order valence-corrected chi connectivity index (χ1v) is 8.28. The Morgan fingerprint density at radius 1 is 0.958 bits per heavy atom. The minimum absolute atomic E-state index is 0.822. The van der Waals surface area contributed by atoms with E-state index in [2.05, 4.69) is 26.0 Å². The monoisotopic (exact) mass is 379 g/mol. The summed E-state index contributed by atoms with van der Waals surface area (Å²) in [6.07, 6.45) is 3.86. The molecule has 0 aliphatic rings. The summed E-state index contributed by atoms with van der Waals surface area (Å²) in [5.74, 6) is 0.837. The summed E-state index contributed by atoms with van der Waals surface area (Å²) in [6, 6.07) is 18.0. The van der Waals surface area contributed by atoms with Crippen LogP contribution in [0.25, 0.3) is 28.0 Å². The molecule has 0 N–H and O–H groups in total. The van der Waals surface area contributed by atoms with E-state index in [-0.39, 0.29) is 0 Å². The number of methoxy groups -OCH3 is 1. The highest BCUT2D eigenvalue weighted by molar-refractivity contribution is 9.10. The Bertz CT molecular complexity index is 1010. The molecule has 2 aromatic heterocycles. The summed E-state index contributed by atoms with van der Waals surface area (Å²) in [4.78, 5) is 4.53. The van der Waals surface area contributed by atoms with Gasteiger partial charge < -0.3 is 4.74 Å². The van der Waals surface area contributed by atoms with Gasteiger partial charge in [-0.15, -0.1) is 0 Å². The van der Waals surface area contributed by atoms with E-state index in [4.69, 9.17) is 4.74 Å². The Balaban J connectivity index is 1.75. The first-order chi connectivity index (χ1) is 11.7. The predicted molar refractivity (Wildman–Crippen MR) is 98.1 cm³/mol. The van der Waals surface area contributed by atoms with Crippen LogP contribution in [0, 0.1) is 0 Å². The predicted octanol–water partition coefficient (Wildman–Crippen LogP) is 4.83. The van der Waals surface area contributed by atoms with Gasteiger partial charge >= 0.3 is 0 Å². The van der Waals surface area contributed by atoms with Crippen LogP contribution in [0.1, 0.15) is 0 Å². The van der Waals surface area contributed by atoms with Gasteiger partial charge in [0, 0.05) is 34.1 Å². The Hall–Kier alpha value is -2.66. The van der Waals surface area contributed by atoms with Crippen LogP contribution in [-0.2, 0) is 0 Å². The van der Waals surface area contributed by atoms with Crippen LogP contribution in [0.5, 0.6) is 5.75 Å². The van der Waals surface area contributed by atoms with Crippen molar-refractivity contribution in [3.05, 3.63) is 71.5 Å². The maximum absolute atomic E-state index is 5.20. The molecule has 24 heavy (non-hydrogen) atoms. The lowest BCUT2D eigenvalue weighted by atomic mass is 10.1. The number of fused-ring (bicyclic) bond motifs is 1. The Labute approximate surface area is 147 Å². The molecule has 0 amide bonds. The minimum atomic E-state index is 0.822. The third kappa shape index (κ3) is 2.78. The first kappa shape index (κ1) is 14.9. The maximum atomic E-state index is 5.20. The molecule has 4 rings (SSSR count). The number of aromatic nitrogens is 3. The molecule has 0 spiro atoms. The summed E-state index contributed by atoms with van der Waals surface area (Å²) in [6.45, 7) is 0. The van der Waals surface area contributed by atoms with E-state index in [1.165, 1.54) is 0 Å². The van der Waals surface area contributed by atoms with Crippen molar-refractivity contribution in [3.63, 3.8) is 0 Å². The van der Waals surface area contributed by atoms with Crippen molar-refractivity contribution in [2.75, 3.05) is 7.11 Å². The Kier molecular flexibility index (Phi) is 3.78. The lowest BCUT2D eigenvalue weighted by molar-refractivity contribution is 0.415. The fraction of sp³-hybridized carbons (Fsp3) is 0.0526. The van der Waals surface area contributed by atoms with Crippen LogP contribution >= 0.6 is 15.9 Å². The second-order valence-electron chi connectivity index (χ2n) is 5.41. The van der Waals surface area contributed by atoms with Gasteiger partial charge in [-0.3, -0.25) is 0 Å². The number of rotatable bonds is 3. The van der Waals surface area contributed by atoms with Gasteiger partial charge in [0.25, 0.3) is 0 Å². The Morgan fingerprint density at radius 2 is 1.79 bits per heavy atom. The molecule has 0 fully saturated rings. The molecule has 0 radical (unpaired) electrons. The van der Waals surface area contributed by atoms with Crippen molar-refractivity contribution < 1.29 is 4.74 Å². The van der Waals surface area contributed by atoms with E-state index in [0.29, 0.717) is 0 Å². The fourth-order valence-corrected chi connectivity index (χ4v) is 3.00. The number of hydrogen-bond acceptors (Lipinski definition) is 3. The van der Waals surface area contributed by atoms with Gasteiger partial charge in [0.2, 0.25) is 0 Å². The standard InChI is InChI=1S/C19H14BrN3O/c1-24-17-7-5-13(6-8-17)15-11-21-19-10-18(22-23(19)12-15)14-3-2-4-16(20)9-14/h2-12H,1H3. The van der Waals surface area contributed by atoms with Crippen LogP contribution < -0.4 is 4.74 Å². The van der Waals surface area contributed by atoms with Crippen LogP contribution in [0.3, 0.4) is 0 Å². The zero-order valence-electron chi connectivity index (χ0n) is 13.0. The van der Waals surface area contributed by atoms with E-state index < -0.39 is 0 Å². The van der Waals surface area contributed by atoms with Crippen molar-refractivity contribution in [2.45, 2.75) is 0 Å². The van der Waals surface area contributed by atoms with Gasteiger partial charge in [-0.05, 0) is 29.8 Å². The topological polar surface area (TPSA) is 39.4 Å². The number of benzene rings is 2. The summed E-state index contributed by atoms with van der Waals surface area (Å²) in [5, 5.41) is 4.65. The van der Waals surface area contributed by atoms with Gasteiger partial charge in [-0.2, -0.15) is 5.10 Å². The SMILES string of the molecule is COc1ccc(-c2cnc3cc(-c4cccc(Br)c4)nn3c2)cc1. The van der Waals surface area contributed by atoms with Crippen molar-refractivity contribution in [1.29, 1.82) is 0 Å². The largest absolute Gasteiger partial charge is 0.497 e. The molecule has 4 aromatic rings. The van der Waals surface area contributed by atoms with E-state index >= 15 is 0 Å². The molecular formula is C19H14BrN3O. The maximum Gasteiger partial charge on any atom is 0.155 e. The second kappa shape index (κ2) is 6.09. The molecular weight excluding hydrogens is 366 g/mol. The molecule has 2 heterocycles. The van der Waals surface area contributed by atoms with Crippen molar-refractivity contribution in [2.24, 2.45) is 0 Å². The average Bonchev–Trinajstić information content (AvgIpc) is 3.05. The van der Waals surface area contributed by atoms with E-state index in [9.17, 15) is 0 Å². The average molecular weight is 380 g/mol. The third-order valence-electron chi connectivity index (χ3n) is 3.86. The normalized spacial score (nSPS) is 10.9. The van der Waals surface area contributed by atoms with Gasteiger partial charge in [-0.1, -0.05) is 40.2 Å². The molecule has 0 atom stereocenters.